The molecule has 44 heavy (non-hydrogen) atoms. The van der Waals surface area contributed by atoms with Gasteiger partial charge in [-0.15, -0.1) is 0 Å². The van der Waals surface area contributed by atoms with E-state index in [-0.39, 0.29) is 36.1 Å². The van der Waals surface area contributed by atoms with Crippen molar-refractivity contribution in [2.75, 3.05) is 19.0 Å². The SMILES string of the molecule is CN(C)c1ccc(-c2cc(C#CC3=CCCCC3)c(O)c3c2C[C@H]2C[C@H]4CC(=O)C(C(N)=O)C(=O)[C@@]4(O)C(=O)C2C3=O)cc1. The third kappa shape index (κ3) is 4.56. The molecule has 0 aliphatic heterocycles. The fourth-order valence-corrected chi connectivity index (χ4v) is 7.43. The third-order valence-electron chi connectivity index (χ3n) is 9.75. The van der Waals surface area contributed by atoms with Crippen molar-refractivity contribution in [3.8, 4) is 28.7 Å². The van der Waals surface area contributed by atoms with Crippen LogP contribution in [0, 0.1) is 35.5 Å². The minimum absolute atomic E-state index is 0.0382. The maximum absolute atomic E-state index is 14.2. The van der Waals surface area contributed by atoms with Crippen LogP contribution in [0.3, 0.4) is 0 Å². The van der Waals surface area contributed by atoms with Gasteiger partial charge in [0, 0.05) is 32.1 Å². The standard InChI is InChI=1S/C35H34N2O7/c1-37(2)23-12-10-19(11-13-23)24-15-20(9-8-18-6-4-3-5-7-18)30(39)28-25(24)16-21-14-22-17-26(38)29(34(36)43)33(42)35(22,44)32(41)27(21)31(28)40/h6,10-13,15,21-22,27,29,39,44H,3-5,7,14,16-17H2,1-2H3,(H2,36,43)/t21-,22+,27?,29?,35+/m1/s1. The molecule has 2 aromatic rings. The Morgan fingerprint density at radius 1 is 1.02 bits per heavy atom. The summed E-state index contributed by atoms with van der Waals surface area (Å²) < 4.78 is 0. The van der Waals surface area contributed by atoms with Gasteiger partial charge in [-0.05, 0) is 84.9 Å². The molecule has 6 rings (SSSR count). The van der Waals surface area contributed by atoms with Crippen molar-refractivity contribution < 1.29 is 34.2 Å². The summed E-state index contributed by atoms with van der Waals surface area (Å²) >= 11 is 0. The van der Waals surface area contributed by atoms with E-state index in [0.29, 0.717) is 11.1 Å². The van der Waals surface area contributed by atoms with Gasteiger partial charge in [0.15, 0.2) is 34.7 Å². The van der Waals surface area contributed by atoms with Crippen molar-refractivity contribution in [1.82, 2.24) is 0 Å². The van der Waals surface area contributed by atoms with E-state index in [2.05, 4.69) is 17.9 Å². The van der Waals surface area contributed by atoms with Gasteiger partial charge < -0.3 is 20.8 Å². The minimum Gasteiger partial charge on any atom is -0.506 e. The summed E-state index contributed by atoms with van der Waals surface area (Å²) in [5.41, 5.74) is 6.76. The largest absolute Gasteiger partial charge is 0.506 e. The summed E-state index contributed by atoms with van der Waals surface area (Å²) in [5.74, 6) is -4.21. The number of allylic oxidation sites excluding steroid dienone is 2. The number of Topliss-reactive ketones (excluding diaryl/α,β-unsaturated/α-hetero) is 4. The predicted molar refractivity (Wildman–Crippen MR) is 162 cm³/mol. The lowest BCUT2D eigenvalue weighted by Gasteiger charge is -2.48. The molecular weight excluding hydrogens is 560 g/mol. The van der Waals surface area contributed by atoms with Crippen molar-refractivity contribution in [1.29, 1.82) is 0 Å². The zero-order valence-electron chi connectivity index (χ0n) is 24.7. The van der Waals surface area contributed by atoms with Gasteiger partial charge >= 0.3 is 0 Å². The number of ketones is 4. The smallest absolute Gasteiger partial charge is 0.235 e. The minimum atomic E-state index is -2.69. The second-order valence-corrected chi connectivity index (χ2v) is 12.6. The van der Waals surface area contributed by atoms with E-state index < -0.39 is 58.3 Å². The molecule has 5 atom stereocenters. The van der Waals surface area contributed by atoms with Gasteiger partial charge in [0.1, 0.15) is 5.75 Å². The number of phenolic OH excluding ortho intramolecular Hbond substituents is 1. The van der Waals surface area contributed by atoms with Crippen molar-refractivity contribution in [3.63, 3.8) is 0 Å². The lowest BCUT2D eigenvalue weighted by Crippen LogP contribution is -2.68. The molecule has 2 unspecified atom stereocenters. The first kappa shape index (κ1) is 29.5. The van der Waals surface area contributed by atoms with Crippen LogP contribution in [0.1, 0.15) is 60.0 Å². The van der Waals surface area contributed by atoms with Gasteiger partial charge in [0.2, 0.25) is 5.91 Å². The van der Waals surface area contributed by atoms with E-state index in [1.165, 1.54) is 0 Å². The molecule has 0 spiro atoms. The van der Waals surface area contributed by atoms with E-state index in [4.69, 9.17) is 5.73 Å². The highest BCUT2D eigenvalue weighted by molar-refractivity contribution is 6.31. The van der Waals surface area contributed by atoms with Crippen molar-refractivity contribution >= 4 is 34.7 Å². The van der Waals surface area contributed by atoms with E-state index in [1.807, 2.05) is 43.3 Å². The van der Waals surface area contributed by atoms with Crippen LogP contribution in [0.4, 0.5) is 5.69 Å². The number of aromatic hydroxyl groups is 1. The summed E-state index contributed by atoms with van der Waals surface area (Å²) in [6, 6.07) is 9.51. The molecule has 4 N–H and O–H groups in total. The summed E-state index contributed by atoms with van der Waals surface area (Å²) in [6.07, 6.45) is 5.81. The monoisotopic (exact) mass is 594 g/mol. The lowest BCUT2D eigenvalue weighted by molar-refractivity contribution is -0.175. The van der Waals surface area contributed by atoms with Gasteiger partial charge in [-0.25, -0.2) is 0 Å². The number of rotatable bonds is 3. The molecule has 4 aliphatic carbocycles. The first-order valence-electron chi connectivity index (χ1n) is 15.0. The number of amides is 1. The molecule has 226 valence electrons. The number of nitrogens with two attached hydrogens (primary N) is 1. The molecule has 9 heteroatoms. The van der Waals surface area contributed by atoms with Crippen molar-refractivity contribution in [2.24, 2.45) is 29.4 Å². The number of nitrogens with zero attached hydrogens (tertiary/aromatic N) is 1. The van der Waals surface area contributed by atoms with E-state index in [1.54, 1.807) is 6.07 Å². The number of hydrogen-bond acceptors (Lipinski definition) is 8. The number of carbonyl (C=O) groups is 5. The predicted octanol–water partition coefficient (Wildman–Crippen LogP) is 2.91. The molecule has 1 amide bonds. The van der Waals surface area contributed by atoms with Crippen LogP contribution < -0.4 is 10.6 Å². The van der Waals surface area contributed by atoms with Gasteiger partial charge in [0.05, 0.1) is 17.0 Å². The quantitative estimate of drug-likeness (QED) is 0.362. The number of aliphatic hydroxyl groups is 1. The molecule has 2 saturated carbocycles. The number of benzene rings is 2. The second-order valence-electron chi connectivity index (χ2n) is 12.6. The number of carbonyl (C=O) groups excluding carboxylic acids is 5. The zero-order chi connectivity index (χ0) is 31.5. The summed E-state index contributed by atoms with van der Waals surface area (Å²) in [5, 5.41) is 23.0. The summed E-state index contributed by atoms with van der Waals surface area (Å²) in [4.78, 5) is 68.0. The fraction of sp³-hybridized carbons (Fsp3) is 0.400. The van der Waals surface area contributed by atoms with Crippen LogP contribution in [0.5, 0.6) is 5.75 Å². The van der Waals surface area contributed by atoms with Gasteiger partial charge in [0.25, 0.3) is 0 Å². The Kier molecular flexibility index (Phi) is 7.29. The first-order chi connectivity index (χ1) is 20.9. The molecule has 0 saturated heterocycles. The molecule has 0 heterocycles. The first-order valence-corrected chi connectivity index (χ1v) is 15.0. The molecule has 0 radical (unpaired) electrons. The number of anilines is 1. The maximum Gasteiger partial charge on any atom is 0.235 e. The Bertz CT molecular complexity index is 1730. The maximum atomic E-state index is 14.2. The highest BCUT2D eigenvalue weighted by atomic mass is 16.3. The molecule has 4 aliphatic rings. The second kappa shape index (κ2) is 10.9. The Hall–Kier alpha value is -4.55. The van der Waals surface area contributed by atoms with Crippen molar-refractivity contribution in [2.45, 2.75) is 50.5 Å². The summed E-state index contributed by atoms with van der Waals surface area (Å²) in [7, 11) is 3.86. The van der Waals surface area contributed by atoms with Crippen LogP contribution in [-0.2, 0) is 25.6 Å². The number of primary amides is 1. The Morgan fingerprint density at radius 3 is 2.39 bits per heavy atom. The zero-order valence-corrected chi connectivity index (χ0v) is 24.7. The number of phenols is 1. The average Bonchev–Trinajstić information content (AvgIpc) is 2.99. The normalized spacial score (nSPS) is 27.8. The summed E-state index contributed by atoms with van der Waals surface area (Å²) in [6.45, 7) is 0. The van der Waals surface area contributed by atoms with Gasteiger partial charge in [-0.2, -0.15) is 0 Å². The number of fused-ring (bicyclic) bond motifs is 3. The van der Waals surface area contributed by atoms with E-state index >= 15 is 0 Å². The molecule has 0 bridgehead atoms. The van der Waals surface area contributed by atoms with Crippen LogP contribution in [0.25, 0.3) is 11.1 Å². The van der Waals surface area contributed by atoms with Gasteiger partial charge in [-0.3, -0.25) is 24.0 Å². The topological polar surface area (TPSA) is 155 Å². The van der Waals surface area contributed by atoms with Crippen LogP contribution in [0.15, 0.2) is 42.0 Å². The average molecular weight is 595 g/mol. The molecule has 0 aromatic heterocycles. The Morgan fingerprint density at radius 2 is 1.75 bits per heavy atom. The fourth-order valence-electron chi connectivity index (χ4n) is 7.43. The lowest BCUT2D eigenvalue weighted by atomic mass is 9.53. The van der Waals surface area contributed by atoms with E-state index in [9.17, 15) is 34.2 Å². The van der Waals surface area contributed by atoms with Crippen molar-refractivity contribution in [3.05, 3.63) is 58.7 Å². The number of hydrogen-bond donors (Lipinski definition) is 3. The van der Waals surface area contributed by atoms with Crippen LogP contribution in [0.2, 0.25) is 0 Å². The molecule has 9 nitrogen and oxygen atoms in total. The third-order valence-corrected chi connectivity index (χ3v) is 9.75. The van der Waals surface area contributed by atoms with Crippen LogP contribution >= 0.6 is 0 Å². The van der Waals surface area contributed by atoms with Gasteiger partial charge in [-0.1, -0.05) is 30.0 Å². The van der Waals surface area contributed by atoms with Crippen LogP contribution in [-0.4, -0.2) is 58.9 Å². The highest BCUT2D eigenvalue weighted by Gasteiger charge is 2.66. The molecular formula is C35H34N2O7. The Balaban J connectivity index is 1.49. The highest BCUT2D eigenvalue weighted by Crippen LogP contribution is 2.51. The molecule has 2 aromatic carbocycles. The Labute approximate surface area is 255 Å². The van der Waals surface area contributed by atoms with E-state index in [0.717, 1.165) is 42.5 Å². The molecule has 2 fully saturated rings.